The van der Waals surface area contributed by atoms with E-state index in [-0.39, 0.29) is 17.1 Å². The van der Waals surface area contributed by atoms with Crippen LogP contribution in [0.4, 0.5) is 17.2 Å². The summed E-state index contributed by atoms with van der Waals surface area (Å²) in [7, 11) is 0. The van der Waals surface area contributed by atoms with Gasteiger partial charge in [0.15, 0.2) is 0 Å². The summed E-state index contributed by atoms with van der Waals surface area (Å²) >= 11 is 3.14. The fourth-order valence-electron chi connectivity index (χ4n) is 1.69. The number of rotatable bonds is 4. The predicted octanol–water partition coefficient (Wildman–Crippen LogP) is 3.50. The zero-order chi connectivity index (χ0) is 15.6. The zero-order valence-electron chi connectivity index (χ0n) is 10.8. The normalized spacial score (nSPS) is 10.2. The Morgan fingerprint density at radius 3 is 2.76 bits per heavy atom. The van der Waals surface area contributed by atoms with Crippen molar-refractivity contribution in [1.29, 1.82) is 0 Å². The fourth-order valence-corrected chi connectivity index (χ4v) is 2.11. The van der Waals surface area contributed by atoms with Gasteiger partial charge in [0.05, 0.1) is 16.6 Å². The molecule has 1 aromatic carbocycles. The standard InChI is InChI=1S/C13H10BrN3O4/c1-7-6-15-12(5-11(7)17(20)21)16-8-2-3-10(14)9(4-8)13(18)19/h2-6H,1H3,(H,15,16)(H,18,19). The Labute approximate surface area is 127 Å². The van der Waals surface area contributed by atoms with E-state index in [4.69, 9.17) is 5.11 Å². The van der Waals surface area contributed by atoms with Crippen molar-refractivity contribution in [3.8, 4) is 0 Å². The highest BCUT2D eigenvalue weighted by atomic mass is 79.9. The van der Waals surface area contributed by atoms with Crippen LogP contribution in [-0.4, -0.2) is 21.0 Å². The average molecular weight is 352 g/mol. The van der Waals surface area contributed by atoms with Crippen molar-refractivity contribution in [2.75, 3.05) is 5.32 Å². The number of pyridine rings is 1. The van der Waals surface area contributed by atoms with Gasteiger partial charge in [0.25, 0.3) is 5.69 Å². The average Bonchev–Trinajstić information content (AvgIpc) is 2.42. The molecule has 2 N–H and O–H groups in total. The van der Waals surface area contributed by atoms with Gasteiger partial charge in [-0.15, -0.1) is 0 Å². The Morgan fingerprint density at radius 1 is 1.43 bits per heavy atom. The van der Waals surface area contributed by atoms with Crippen LogP contribution in [0.5, 0.6) is 0 Å². The molecule has 108 valence electrons. The molecule has 7 nitrogen and oxygen atoms in total. The summed E-state index contributed by atoms with van der Waals surface area (Å²) in [5, 5.41) is 22.8. The number of hydrogen-bond donors (Lipinski definition) is 2. The van der Waals surface area contributed by atoms with Crippen LogP contribution >= 0.6 is 15.9 Å². The molecule has 0 atom stereocenters. The van der Waals surface area contributed by atoms with Crippen molar-refractivity contribution in [3.63, 3.8) is 0 Å². The van der Waals surface area contributed by atoms with Gasteiger partial charge in [0.2, 0.25) is 0 Å². The van der Waals surface area contributed by atoms with Crippen LogP contribution in [0.3, 0.4) is 0 Å². The number of benzene rings is 1. The smallest absolute Gasteiger partial charge is 0.336 e. The number of carboxylic acid groups (broad SMARTS) is 1. The van der Waals surface area contributed by atoms with Crippen molar-refractivity contribution in [3.05, 3.63) is 56.2 Å². The van der Waals surface area contributed by atoms with E-state index in [1.54, 1.807) is 19.1 Å². The second-order valence-electron chi connectivity index (χ2n) is 4.24. The van der Waals surface area contributed by atoms with Gasteiger partial charge >= 0.3 is 5.97 Å². The minimum Gasteiger partial charge on any atom is -0.478 e. The van der Waals surface area contributed by atoms with Crippen molar-refractivity contribution < 1.29 is 14.8 Å². The zero-order valence-corrected chi connectivity index (χ0v) is 12.4. The Morgan fingerprint density at radius 2 is 2.14 bits per heavy atom. The minimum atomic E-state index is -1.08. The monoisotopic (exact) mass is 351 g/mol. The van der Waals surface area contributed by atoms with Crippen LogP contribution in [-0.2, 0) is 0 Å². The molecule has 0 unspecified atom stereocenters. The van der Waals surface area contributed by atoms with Gasteiger partial charge in [-0.2, -0.15) is 0 Å². The van der Waals surface area contributed by atoms with Gasteiger partial charge in [-0.1, -0.05) is 0 Å². The third-order valence-electron chi connectivity index (χ3n) is 2.74. The lowest BCUT2D eigenvalue weighted by molar-refractivity contribution is -0.385. The molecule has 0 fully saturated rings. The Bertz CT molecular complexity index is 672. The van der Waals surface area contributed by atoms with Crippen molar-refractivity contribution in [1.82, 2.24) is 4.98 Å². The van der Waals surface area contributed by atoms with Gasteiger partial charge < -0.3 is 10.4 Å². The largest absolute Gasteiger partial charge is 0.478 e. The van der Waals surface area contributed by atoms with E-state index >= 15 is 0 Å². The fraction of sp³-hybridized carbons (Fsp3) is 0.0769. The lowest BCUT2D eigenvalue weighted by Crippen LogP contribution is -2.01. The first-order valence-electron chi connectivity index (χ1n) is 5.79. The molecule has 0 aliphatic rings. The number of carboxylic acids is 1. The maximum absolute atomic E-state index is 11.1. The van der Waals surface area contributed by atoms with E-state index < -0.39 is 10.9 Å². The lowest BCUT2D eigenvalue weighted by atomic mass is 10.2. The lowest BCUT2D eigenvalue weighted by Gasteiger charge is -2.08. The maximum Gasteiger partial charge on any atom is 0.336 e. The molecule has 21 heavy (non-hydrogen) atoms. The molecule has 0 bridgehead atoms. The molecule has 2 rings (SSSR count). The molecular formula is C13H10BrN3O4. The van der Waals surface area contributed by atoms with Crippen molar-refractivity contribution in [2.24, 2.45) is 0 Å². The number of nitro groups is 1. The quantitative estimate of drug-likeness (QED) is 0.644. The summed E-state index contributed by atoms with van der Waals surface area (Å²) in [6.45, 7) is 1.59. The molecule has 0 radical (unpaired) electrons. The third-order valence-corrected chi connectivity index (χ3v) is 3.43. The summed E-state index contributed by atoms with van der Waals surface area (Å²) in [6, 6.07) is 5.94. The topological polar surface area (TPSA) is 105 Å². The first-order valence-corrected chi connectivity index (χ1v) is 6.58. The van der Waals surface area contributed by atoms with Crippen LogP contribution in [0.2, 0.25) is 0 Å². The van der Waals surface area contributed by atoms with Crippen LogP contribution in [0.25, 0.3) is 0 Å². The number of hydrogen-bond acceptors (Lipinski definition) is 5. The number of carbonyl (C=O) groups is 1. The molecule has 0 saturated carbocycles. The summed E-state index contributed by atoms with van der Waals surface area (Å²) in [5.41, 5.74) is 0.957. The number of nitrogens with zero attached hydrogens (tertiary/aromatic N) is 2. The number of aryl methyl sites for hydroxylation is 1. The van der Waals surface area contributed by atoms with Crippen molar-refractivity contribution >= 4 is 39.1 Å². The van der Waals surface area contributed by atoms with Gasteiger partial charge in [-0.3, -0.25) is 10.1 Å². The highest BCUT2D eigenvalue weighted by Crippen LogP contribution is 2.25. The molecule has 0 aliphatic carbocycles. The highest BCUT2D eigenvalue weighted by molar-refractivity contribution is 9.10. The van der Waals surface area contributed by atoms with E-state index in [1.165, 1.54) is 18.3 Å². The Balaban J connectivity index is 2.34. The van der Waals surface area contributed by atoms with Gasteiger partial charge in [0, 0.05) is 21.9 Å². The molecule has 8 heteroatoms. The molecule has 0 spiro atoms. The first kappa shape index (κ1) is 14.9. The van der Waals surface area contributed by atoms with Crippen LogP contribution < -0.4 is 5.32 Å². The third kappa shape index (κ3) is 3.34. The number of aromatic nitrogens is 1. The van der Waals surface area contributed by atoms with E-state index in [2.05, 4.69) is 26.2 Å². The second-order valence-corrected chi connectivity index (χ2v) is 5.09. The van der Waals surface area contributed by atoms with Gasteiger partial charge in [-0.05, 0) is 41.1 Å². The van der Waals surface area contributed by atoms with E-state index in [0.29, 0.717) is 15.7 Å². The van der Waals surface area contributed by atoms with E-state index in [9.17, 15) is 14.9 Å². The number of anilines is 2. The predicted molar refractivity (Wildman–Crippen MR) is 80.0 cm³/mol. The molecule has 1 aromatic heterocycles. The molecule has 2 aromatic rings. The van der Waals surface area contributed by atoms with E-state index in [1.807, 2.05) is 0 Å². The van der Waals surface area contributed by atoms with Crippen LogP contribution in [0.15, 0.2) is 34.9 Å². The van der Waals surface area contributed by atoms with E-state index in [0.717, 1.165) is 0 Å². The van der Waals surface area contributed by atoms with Gasteiger partial charge in [-0.25, -0.2) is 9.78 Å². The first-order chi connectivity index (χ1) is 9.88. The summed E-state index contributed by atoms with van der Waals surface area (Å²) in [4.78, 5) is 25.5. The van der Waals surface area contributed by atoms with Crippen LogP contribution in [0.1, 0.15) is 15.9 Å². The summed E-state index contributed by atoms with van der Waals surface area (Å²) < 4.78 is 0.448. The molecule has 0 aliphatic heterocycles. The summed E-state index contributed by atoms with van der Waals surface area (Å²) in [6.07, 6.45) is 1.39. The van der Waals surface area contributed by atoms with Crippen molar-refractivity contribution in [2.45, 2.75) is 6.92 Å². The molecule has 1 heterocycles. The molecular weight excluding hydrogens is 342 g/mol. The Hall–Kier alpha value is -2.48. The SMILES string of the molecule is Cc1cnc(Nc2ccc(Br)c(C(=O)O)c2)cc1[N+](=O)[O-]. The number of halogens is 1. The van der Waals surface area contributed by atoms with Crippen LogP contribution in [0, 0.1) is 17.0 Å². The maximum atomic E-state index is 11.1. The number of aromatic carboxylic acids is 1. The molecule has 0 amide bonds. The highest BCUT2D eigenvalue weighted by Gasteiger charge is 2.13. The molecule has 0 saturated heterocycles. The Kier molecular flexibility index (Phi) is 4.18. The minimum absolute atomic E-state index is 0.0527. The number of nitrogens with one attached hydrogen (secondary N) is 1. The van der Waals surface area contributed by atoms with Gasteiger partial charge in [0.1, 0.15) is 5.82 Å². The second kappa shape index (κ2) is 5.88. The summed E-state index contributed by atoms with van der Waals surface area (Å²) in [5.74, 6) is -0.806.